The third-order valence-corrected chi connectivity index (χ3v) is 4.95. The van der Waals surface area contributed by atoms with Crippen molar-refractivity contribution in [3.05, 3.63) is 34.1 Å². The quantitative estimate of drug-likeness (QED) is 0.702. The Morgan fingerprint density at radius 3 is 2.60 bits per heavy atom. The Balaban J connectivity index is 2.19. The first-order valence-corrected chi connectivity index (χ1v) is 7.07. The SMILES string of the molecule is Fc1ccc(Br)cc1CC1(CBr)CCC1. The van der Waals surface area contributed by atoms with Crippen LogP contribution >= 0.6 is 31.9 Å². The Bertz CT molecular complexity index is 353. The standard InChI is InChI=1S/C12H13Br2F/c13-8-12(4-1-5-12)7-9-6-10(14)2-3-11(9)15/h2-3,6H,1,4-5,7-8H2. The van der Waals surface area contributed by atoms with Gasteiger partial charge in [0.05, 0.1) is 0 Å². The predicted molar refractivity (Wildman–Crippen MR) is 67.9 cm³/mol. The lowest BCUT2D eigenvalue weighted by Gasteiger charge is -2.40. The van der Waals surface area contributed by atoms with Gasteiger partial charge in [-0.15, -0.1) is 0 Å². The molecular weight excluding hydrogens is 323 g/mol. The molecule has 1 aliphatic carbocycles. The first-order chi connectivity index (χ1) is 7.15. The van der Waals surface area contributed by atoms with Crippen molar-refractivity contribution >= 4 is 31.9 Å². The molecule has 0 saturated heterocycles. The molecule has 0 nitrogen and oxygen atoms in total. The van der Waals surface area contributed by atoms with Crippen molar-refractivity contribution in [1.29, 1.82) is 0 Å². The predicted octanol–water partition coefficient (Wildman–Crippen LogP) is 4.70. The lowest BCUT2D eigenvalue weighted by molar-refractivity contribution is 0.168. The monoisotopic (exact) mass is 334 g/mol. The zero-order valence-electron chi connectivity index (χ0n) is 8.40. The van der Waals surface area contributed by atoms with E-state index in [9.17, 15) is 4.39 Å². The summed E-state index contributed by atoms with van der Waals surface area (Å²) in [5, 5.41) is 0.978. The number of hydrogen-bond donors (Lipinski definition) is 0. The van der Waals surface area contributed by atoms with E-state index in [4.69, 9.17) is 0 Å². The van der Waals surface area contributed by atoms with Gasteiger partial charge in [-0.2, -0.15) is 0 Å². The third-order valence-electron chi connectivity index (χ3n) is 3.27. The molecule has 2 rings (SSSR count). The Morgan fingerprint density at radius 1 is 1.33 bits per heavy atom. The normalized spacial score (nSPS) is 18.6. The van der Waals surface area contributed by atoms with Crippen LogP contribution in [-0.2, 0) is 6.42 Å². The molecule has 0 radical (unpaired) electrons. The number of hydrogen-bond acceptors (Lipinski definition) is 0. The van der Waals surface area contributed by atoms with E-state index in [2.05, 4.69) is 31.9 Å². The van der Waals surface area contributed by atoms with Crippen molar-refractivity contribution in [1.82, 2.24) is 0 Å². The van der Waals surface area contributed by atoms with Gasteiger partial charge in [-0.1, -0.05) is 38.3 Å². The zero-order chi connectivity index (χ0) is 10.9. The van der Waals surface area contributed by atoms with Crippen molar-refractivity contribution in [2.24, 2.45) is 5.41 Å². The minimum atomic E-state index is -0.0783. The molecule has 0 bridgehead atoms. The highest BCUT2D eigenvalue weighted by Gasteiger charge is 2.36. The average Bonchev–Trinajstić information content (AvgIpc) is 2.17. The number of alkyl halides is 1. The summed E-state index contributed by atoms with van der Waals surface area (Å²) in [6, 6.07) is 5.19. The Labute approximate surface area is 107 Å². The minimum Gasteiger partial charge on any atom is -0.207 e. The molecule has 82 valence electrons. The third kappa shape index (κ3) is 2.44. The van der Waals surface area contributed by atoms with Crippen LogP contribution in [0.15, 0.2) is 22.7 Å². The first-order valence-electron chi connectivity index (χ1n) is 5.15. The minimum absolute atomic E-state index is 0.0783. The molecule has 1 fully saturated rings. The summed E-state index contributed by atoms with van der Waals surface area (Å²) in [4.78, 5) is 0. The van der Waals surface area contributed by atoms with Crippen LogP contribution in [0.2, 0.25) is 0 Å². The van der Waals surface area contributed by atoms with Crippen LogP contribution in [-0.4, -0.2) is 5.33 Å². The van der Waals surface area contributed by atoms with Crippen LogP contribution in [0, 0.1) is 11.2 Å². The molecule has 0 N–H and O–H groups in total. The van der Waals surface area contributed by atoms with Crippen molar-refractivity contribution in [3.63, 3.8) is 0 Å². The summed E-state index contributed by atoms with van der Waals surface area (Å²) in [5.74, 6) is -0.0783. The van der Waals surface area contributed by atoms with Gasteiger partial charge in [0.15, 0.2) is 0 Å². The van der Waals surface area contributed by atoms with Crippen LogP contribution in [0.25, 0.3) is 0 Å². The summed E-state index contributed by atoms with van der Waals surface area (Å²) < 4.78 is 14.5. The van der Waals surface area contributed by atoms with Gasteiger partial charge in [0.1, 0.15) is 5.82 Å². The maximum absolute atomic E-state index is 13.6. The Hall–Kier alpha value is 0.110. The van der Waals surface area contributed by atoms with E-state index >= 15 is 0 Å². The summed E-state index contributed by atoms with van der Waals surface area (Å²) >= 11 is 6.94. The fourth-order valence-corrected chi connectivity index (χ4v) is 3.28. The average molecular weight is 336 g/mol. The van der Waals surface area contributed by atoms with Crippen molar-refractivity contribution in [2.45, 2.75) is 25.7 Å². The molecule has 0 unspecified atom stereocenters. The topological polar surface area (TPSA) is 0 Å². The van der Waals surface area contributed by atoms with Gasteiger partial charge in [-0.05, 0) is 48.4 Å². The molecule has 1 saturated carbocycles. The highest BCUT2D eigenvalue weighted by atomic mass is 79.9. The molecular formula is C12H13Br2F. The Morgan fingerprint density at radius 2 is 2.07 bits per heavy atom. The summed E-state index contributed by atoms with van der Waals surface area (Å²) in [6.45, 7) is 0. The van der Waals surface area contributed by atoms with Crippen molar-refractivity contribution < 1.29 is 4.39 Å². The molecule has 0 aromatic heterocycles. The van der Waals surface area contributed by atoms with E-state index in [1.807, 2.05) is 6.07 Å². The van der Waals surface area contributed by atoms with E-state index in [-0.39, 0.29) is 5.82 Å². The number of halogens is 3. The molecule has 3 heteroatoms. The van der Waals surface area contributed by atoms with Gasteiger partial charge in [0.25, 0.3) is 0 Å². The van der Waals surface area contributed by atoms with Gasteiger partial charge in [0, 0.05) is 9.80 Å². The second-order valence-electron chi connectivity index (χ2n) is 4.40. The number of rotatable bonds is 3. The van der Waals surface area contributed by atoms with E-state index in [1.165, 1.54) is 19.3 Å². The summed E-state index contributed by atoms with van der Waals surface area (Å²) in [7, 11) is 0. The molecule has 1 aromatic carbocycles. The van der Waals surface area contributed by atoms with Crippen LogP contribution in [0.5, 0.6) is 0 Å². The van der Waals surface area contributed by atoms with Gasteiger partial charge in [0.2, 0.25) is 0 Å². The highest BCUT2D eigenvalue weighted by Crippen LogP contribution is 2.45. The van der Waals surface area contributed by atoms with Gasteiger partial charge in [-0.25, -0.2) is 4.39 Å². The number of benzene rings is 1. The van der Waals surface area contributed by atoms with E-state index in [1.54, 1.807) is 12.1 Å². The second-order valence-corrected chi connectivity index (χ2v) is 5.88. The maximum Gasteiger partial charge on any atom is 0.126 e. The summed E-state index contributed by atoms with van der Waals surface area (Å²) in [6.07, 6.45) is 4.55. The van der Waals surface area contributed by atoms with Crippen LogP contribution in [0.3, 0.4) is 0 Å². The summed E-state index contributed by atoms with van der Waals surface area (Å²) in [5.41, 5.74) is 1.14. The Kier molecular flexibility index (Phi) is 3.51. The van der Waals surface area contributed by atoms with Crippen molar-refractivity contribution in [3.8, 4) is 0 Å². The highest BCUT2D eigenvalue weighted by molar-refractivity contribution is 9.10. The van der Waals surface area contributed by atoms with Gasteiger partial charge < -0.3 is 0 Å². The fraction of sp³-hybridized carbons (Fsp3) is 0.500. The molecule has 0 spiro atoms. The van der Waals surface area contributed by atoms with Crippen LogP contribution < -0.4 is 0 Å². The van der Waals surface area contributed by atoms with Crippen molar-refractivity contribution in [2.75, 3.05) is 5.33 Å². The van der Waals surface area contributed by atoms with Crippen LogP contribution in [0.4, 0.5) is 4.39 Å². The van der Waals surface area contributed by atoms with Gasteiger partial charge >= 0.3 is 0 Å². The van der Waals surface area contributed by atoms with E-state index < -0.39 is 0 Å². The maximum atomic E-state index is 13.6. The molecule has 1 aliphatic rings. The molecule has 1 aromatic rings. The fourth-order valence-electron chi connectivity index (χ4n) is 2.12. The largest absolute Gasteiger partial charge is 0.207 e. The van der Waals surface area contributed by atoms with Crippen LogP contribution in [0.1, 0.15) is 24.8 Å². The lowest BCUT2D eigenvalue weighted by Crippen LogP contribution is -2.33. The molecule has 15 heavy (non-hydrogen) atoms. The molecule has 0 heterocycles. The molecule has 0 aliphatic heterocycles. The molecule has 0 amide bonds. The smallest absolute Gasteiger partial charge is 0.126 e. The molecule has 0 atom stereocenters. The second kappa shape index (κ2) is 4.54. The van der Waals surface area contributed by atoms with E-state index in [0.717, 1.165) is 21.8 Å². The lowest BCUT2D eigenvalue weighted by atomic mass is 9.67. The zero-order valence-corrected chi connectivity index (χ0v) is 11.6. The first kappa shape index (κ1) is 11.6. The van der Waals surface area contributed by atoms with Gasteiger partial charge in [-0.3, -0.25) is 0 Å². The van der Waals surface area contributed by atoms with E-state index in [0.29, 0.717) is 5.41 Å².